The lowest BCUT2D eigenvalue weighted by molar-refractivity contribution is 0.590. The lowest BCUT2D eigenvalue weighted by atomic mass is 9.36. The monoisotopic (exact) mass is 742 g/mol. The van der Waals surface area contributed by atoms with Gasteiger partial charge in [0.25, 0.3) is 0 Å². The van der Waals surface area contributed by atoms with Crippen LogP contribution < -0.4 is 16.4 Å². The Balaban J connectivity index is 1.21. The molecular weight excluding hydrogens is 700 g/mol. The molecule has 0 radical (unpaired) electrons. The van der Waals surface area contributed by atoms with Gasteiger partial charge < -0.3 is 0 Å². The van der Waals surface area contributed by atoms with Gasteiger partial charge in [-0.15, -0.1) is 0 Å². The first-order chi connectivity index (χ1) is 26.5. The van der Waals surface area contributed by atoms with E-state index in [1.807, 2.05) is 23.5 Å². The van der Waals surface area contributed by atoms with E-state index in [2.05, 4.69) is 193 Å². The van der Waals surface area contributed by atoms with Crippen LogP contribution in [0.3, 0.4) is 0 Å². The van der Waals surface area contributed by atoms with Gasteiger partial charge in [0.2, 0.25) is 6.71 Å². The Morgan fingerprint density at radius 3 is 1.45 bits per heavy atom. The van der Waals surface area contributed by atoms with Crippen LogP contribution in [0.4, 0.5) is 0 Å². The number of rotatable bonds is 3. The summed E-state index contributed by atoms with van der Waals surface area (Å²) in [5, 5.41) is 5.15. The minimum Gasteiger partial charge on any atom is -0.0911 e. The van der Waals surface area contributed by atoms with E-state index in [0.29, 0.717) is 0 Å². The highest BCUT2D eigenvalue weighted by atomic mass is 32.2. The largest absolute Gasteiger partial charge is 0.247 e. The second-order valence-electron chi connectivity index (χ2n) is 17.3. The van der Waals surface area contributed by atoms with Gasteiger partial charge in [-0.3, -0.25) is 0 Å². The van der Waals surface area contributed by atoms with Crippen LogP contribution >= 0.6 is 23.5 Å². The maximum atomic E-state index is 2.50. The van der Waals surface area contributed by atoms with Crippen molar-refractivity contribution < 1.29 is 0 Å². The van der Waals surface area contributed by atoms with E-state index in [1.165, 1.54) is 102 Å². The fourth-order valence-corrected chi connectivity index (χ4v) is 11.3. The zero-order valence-electron chi connectivity index (χ0n) is 32.3. The fourth-order valence-electron chi connectivity index (χ4n) is 8.81. The van der Waals surface area contributed by atoms with Gasteiger partial charge in [0, 0.05) is 19.6 Å². The minimum absolute atomic E-state index is 0.0416. The van der Waals surface area contributed by atoms with Crippen molar-refractivity contribution in [2.24, 2.45) is 0 Å². The second-order valence-corrected chi connectivity index (χ2v) is 19.5. The van der Waals surface area contributed by atoms with Crippen molar-refractivity contribution in [2.45, 2.75) is 72.0 Å². The van der Waals surface area contributed by atoms with Crippen molar-refractivity contribution >= 4 is 68.2 Å². The van der Waals surface area contributed by atoms with E-state index in [-0.39, 0.29) is 17.5 Å². The molecule has 0 aromatic heterocycles. The van der Waals surface area contributed by atoms with E-state index >= 15 is 0 Å². The van der Waals surface area contributed by atoms with Gasteiger partial charge in [0.05, 0.1) is 0 Å². The van der Waals surface area contributed by atoms with E-state index < -0.39 is 0 Å². The smallest absolute Gasteiger partial charge is 0.0911 e. The van der Waals surface area contributed by atoms with Crippen LogP contribution in [0, 0.1) is 0 Å². The van der Waals surface area contributed by atoms with Crippen molar-refractivity contribution in [3.8, 4) is 33.4 Å². The maximum absolute atomic E-state index is 2.50. The van der Waals surface area contributed by atoms with E-state index in [0.717, 1.165) is 0 Å². The van der Waals surface area contributed by atoms with Gasteiger partial charge in [-0.1, -0.05) is 197 Å². The molecule has 2 heterocycles. The quantitative estimate of drug-likeness (QED) is 0.131. The number of hydrogen-bond donors (Lipinski definition) is 0. The highest BCUT2D eigenvalue weighted by Gasteiger charge is 2.39. The molecule has 0 bridgehead atoms. The molecule has 0 saturated carbocycles. The maximum Gasteiger partial charge on any atom is 0.247 e. The molecule has 0 fully saturated rings. The molecule has 2 aliphatic rings. The molecule has 0 amide bonds. The van der Waals surface area contributed by atoms with Gasteiger partial charge >= 0.3 is 0 Å². The molecule has 2 aliphatic heterocycles. The average Bonchev–Trinajstić information content (AvgIpc) is 3.18. The molecule has 10 rings (SSSR count). The average molecular weight is 743 g/mol. The lowest BCUT2D eigenvalue weighted by Gasteiger charge is -2.34. The lowest BCUT2D eigenvalue weighted by Crippen LogP contribution is -2.58. The van der Waals surface area contributed by atoms with Gasteiger partial charge in [0.15, 0.2) is 0 Å². The van der Waals surface area contributed by atoms with Crippen LogP contribution in [-0.4, -0.2) is 6.71 Å². The second kappa shape index (κ2) is 12.8. The van der Waals surface area contributed by atoms with Crippen LogP contribution in [0.1, 0.15) is 52.7 Å². The van der Waals surface area contributed by atoms with Crippen LogP contribution in [0.15, 0.2) is 171 Å². The summed E-state index contributed by atoms with van der Waals surface area (Å²) < 4.78 is 0. The summed E-state index contributed by atoms with van der Waals surface area (Å²) >= 11 is 3.90. The van der Waals surface area contributed by atoms with Gasteiger partial charge in [-0.2, -0.15) is 0 Å². The standard InChI is InChI=1S/C52H43BS2/c1-51(2,3)36-24-25-45-43(31-36)53-42-22-14-15-23-44(42)54-46-29-34(30-47(55-45)50(46)53)33-26-35(28-37(27-33)52(4,5)6)49-40-20-12-10-18-38(40)48(32-16-8-7-9-17-32)39-19-11-13-21-41(39)49/h7-31H,1-6H3. The van der Waals surface area contributed by atoms with Crippen molar-refractivity contribution in [3.63, 3.8) is 0 Å². The first-order valence-corrected chi connectivity index (χ1v) is 21.1. The molecule has 8 aromatic carbocycles. The first kappa shape index (κ1) is 34.5. The molecule has 55 heavy (non-hydrogen) atoms. The third kappa shape index (κ3) is 5.78. The summed E-state index contributed by atoms with van der Waals surface area (Å²) in [6, 6.07) is 57.6. The van der Waals surface area contributed by atoms with E-state index in [9.17, 15) is 0 Å². The molecule has 0 nitrogen and oxygen atoms in total. The van der Waals surface area contributed by atoms with Gasteiger partial charge in [-0.25, -0.2) is 0 Å². The van der Waals surface area contributed by atoms with Crippen LogP contribution in [-0.2, 0) is 10.8 Å². The topological polar surface area (TPSA) is 0 Å². The molecule has 266 valence electrons. The Bertz CT molecular complexity index is 2760. The Kier molecular flexibility index (Phi) is 8.04. The molecule has 0 saturated heterocycles. The summed E-state index contributed by atoms with van der Waals surface area (Å²) in [4.78, 5) is 5.49. The van der Waals surface area contributed by atoms with Crippen LogP contribution in [0.5, 0.6) is 0 Å². The summed E-state index contributed by atoms with van der Waals surface area (Å²) in [6.07, 6.45) is 0. The molecule has 3 heteroatoms. The fraction of sp³-hybridized carbons (Fsp3) is 0.154. The predicted octanol–water partition coefficient (Wildman–Crippen LogP) is 13.0. The number of fused-ring (bicyclic) bond motifs is 6. The molecule has 0 N–H and O–H groups in total. The minimum atomic E-state index is -0.0416. The van der Waals surface area contributed by atoms with Crippen molar-refractivity contribution in [2.75, 3.05) is 0 Å². The Morgan fingerprint density at radius 2 is 0.855 bits per heavy atom. The van der Waals surface area contributed by atoms with Gasteiger partial charge in [-0.05, 0) is 113 Å². The van der Waals surface area contributed by atoms with E-state index in [4.69, 9.17) is 0 Å². The van der Waals surface area contributed by atoms with Crippen molar-refractivity contribution in [1.29, 1.82) is 0 Å². The Hall–Kier alpha value is -4.96. The van der Waals surface area contributed by atoms with E-state index in [1.54, 1.807) is 0 Å². The summed E-state index contributed by atoms with van der Waals surface area (Å²) in [6.45, 7) is 14.2. The Morgan fingerprint density at radius 1 is 0.364 bits per heavy atom. The molecule has 0 spiro atoms. The molecule has 0 unspecified atom stereocenters. The molecular formula is C52H43BS2. The summed E-state index contributed by atoms with van der Waals surface area (Å²) in [7, 11) is 0. The molecule has 0 aliphatic carbocycles. The number of benzene rings is 8. The molecule has 8 aromatic rings. The van der Waals surface area contributed by atoms with Crippen molar-refractivity contribution in [1.82, 2.24) is 0 Å². The third-order valence-electron chi connectivity index (χ3n) is 11.7. The first-order valence-electron chi connectivity index (χ1n) is 19.5. The SMILES string of the molecule is CC(C)(C)c1cc(-c2cc3c4c(c2)Sc2ccc(C(C)(C)C)cc2B4c2ccccc2S3)cc(-c2c3ccccc3c(-c3ccccc3)c3ccccc23)c1. The van der Waals surface area contributed by atoms with Crippen LogP contribution in [0.2, 0.25) is 0 Å². The highest BCUT2D eigenvalue weighted by molar-refractivity contribution is 8.01. The normalized spacial score (nSPS) is 13.5. The summed E-state index contributed by atoms with van der Waals surface area (Å²) in [5.41, 5.74) is 14.8. The van der Waals surface area contributed by atoms with Gasteiger partial charge in [0.1, 0.15) is 0 Å². The zero-order valence-corrected chi connectivity index (χ0v) is 34.0. The number of hydrogen-bond acceptors (Lipinski definition) is 2. The zero-order chi connectivity index (χ0) is 37.6. The van der Waals surface area contributed by atoms with Crippen LogP contribution in [0.25, 0.3) is 54.9 Å². The third-order valence-corrected chi connectivity index (χ3v) is 14.0. The predicted molar refractivity (Wildman–Crippen MR) is 241 cm³/mol. The Labute approximate surface area is 334 Å². The molecule has 0 atom stereocenters. The highest BCUT2D eigenvalue weighted by Crippen LogP contribution is 2.47. The van der Waals surface area contributed by atoms with Crippen molar-refractivity contribution in [3.05, 3.63) is 163 Å². The summed E-state index contributed by atoms with van der Waals surface area (Å²) in [5.74, 6) is 0.